The van der Waals surface area contributed by atoms with Crippen molar-refractivity contribution in [1.29, 1.82) is 0 Å². The highest BCUT2D eigenvalue weighted by molar-refractivity contribution is 6.03. The van der Waals surface area contributed by atoms with E-state index in [-0.39, 0.29) is 11.7 Å². The lowest BCUT2D eigenvalue weighted by molar-refractivity contribution is 0.0673. The van der Waals surface area contributed by atoms with Crippen molar-refractivity contribution in [2.45, 2.75) is 47.1 Å². The van der Waals surface area contributed by atoms with E-state index in [1.54, 1.807) is 6.07 Å². The molecule has 2 aliphatic heterocycles. The van der Waals surface area contributed by atoms with Crippen LogP contribution in [0.5, 0.6) is 11.5 Å². The fourth-order valence-electron chi connectivity index (χ4n) is 7.13. The molecular weight excluding hydrogens is 586 g/mol. The molecule has 0 unspecified atom stereocenters. The highest BCUT2D eigenvalue weighted by Gasteiger charge is 2.56. The number of nitrogens with zero attached hydrogens (tertiary/aromatic N) is 5. The topological polar surface area (TPSA) is 78.3 Å². The Kier molecular flexibility index (Phi) is 8.86. The minimum Gasteiger partial charge on any atom is -0.456 e. The third-order valence-corrected chi connectivity index (χ3v) is 9.54. The number of ether oxygens (including phenoxy) is 1. The molecule has 0 bridgehead atoms. The van der Waals surface area contributed by atoms with Crippen molar-refractivity contribution in [1.82, 2.24) is 9.88 Å². The van der Waals surface area contributed by atoms with Crippen LogP contribution in [0.2, 0.25) is 0 Å². The average Bonchev–Trinajstić information content (AvgIpc) is 3.33. The summed E-state index contributed by atoms with van der Waals surface area (Å²) >= 11 is 0. The maximum atomic E-state index is 14.5. The van der Waals surface area contributed by atoms with Gasteiger partial charge in [-0.1, -0.05) is 36.4 Å². The van der Waals surface area contributed by atoms with Gasteiger partial charge in [0.25, 0.3) is 5.91 Å². The predicted octanol–water partition coefficient (Wildman–Crippen LogP) is 7.34. The Hall–Kier alpha value is -4.98. The molecule has 1 spiro atoms. The van der Waals surface area contributed by atoms with Crippen LogP contribution < -0.4 is 14.5 Å². The number of carbonyl (C=O) groups is 2. The van der Waals surface area contributed by atoms with Crippen LogP contribution in [-0.4, -0.2) is 66.6 Å². The van der Waals surface area contributed by atoms with E-state index in [0.29, 0.717) is 35.8 Å². The van der Waals surface area contributed by atoms with Crippen molar-refractivity contribution in [2.24, 2.45) is 4.99 Å². The monoisotopic (exact) mass is 629 g/mol. The molecule has 8 nitrogen and oxygen atoms in total. The Labute approximate surface area is 277 Å². The zero-order valence-electron chi connectivity index (χ0n) is 28.2. The second-order valence-corrected chi connectivity index (χ2v) is 12.0. The van der Waals surface area contributed by atoms with Crippen molar-refractivity contribution in [2.75, 3.05) is 49.1 Å². The third-order valence-electron chi connectivity index (χ3n) is 9.54. The fraction of sp³-hybridized carbons (Fsp3) is 0.333. The van der Waals surface area contributed by atoms with Gasteiger partial charge in [0.15, 0.2) is 5.78 Å². The first-order chi connectivity index (χ1) is 22.8. The molecule has 0 saturated carbocycles. The van der Waals surface area contributed by atoms with Crippen LogP contribution >= 0.6 is 0 Å². The molecule has 4 aromatic rings. The lowest BCUT2D eigenvalue weighted by atomic mass is 9.74. The van der Waals surface area contributed by atoms with E-state index in [2.05, 4.69) is 84.9 Å². The van der Waals surface area contributed by atoms with Gasteiger partial charge in [-0.05, 0) is 70.5 Å². The number of rotatable bonds is 11. The van der Waals surface area contributed by atoms with Gasteiger partial charge in [0, 0.05) is 79.8 Å². The lowest BCUT2D eigenvalue weighted by Gasteiger charge is -2.44. The highest BCUT2D eigenvalue weighted by atomic mass is 16.5. The van der Waals surface area contributed by atoms with Crippen LogP contribution in [-0.2, 0) is 5.54 Å². The van der Waals surface area contributed by atoms with E-state index in [1.807, 2.05) is 42.2 Å². The van der Waals surface area contributed by atoms with Crippen LogP contribution in [0.3, 0.4) is 0 Å². The molecule has 1 aromatic heterocycles. The summed E-state index contributed by atoms with van der Waals surface area (Å²) in [6.07, 6.45) is 0. The smallest absolute Gasteiger partial charge is 0.255 e. The van der Waals surface area contributed by atoms with Gasteiger partial charge in [0.1, 0.15) is 22.7 Å². The second-order valence-electron chi connectivity index (χ2n) is 12.0. The zero-order valence-corrected chi connectivity index (χ0v) is 28.2. The lowest BCUT2D eigenvalue weighted by Crippen LogP contribution is -2.48. The highest BCUT2D eigenvalue weighted by Crippen LogP contribution is 2.58. The minimum absolute atomic E-state index is 0.0374. The van der Waals surface area contributed by atoms with Gasteiger partial charge in [-0.15, -0.1) is 0 Å². The molecule has 1 amide bonds. The van der Waals surface area contributed by atoms with Crippen molar-refractivity contribution >= 4 is 28.8 Å². The second kappa shape index (κ2) is 13.0. The Morgan fingerprint density at radius 2 is 1.34 bits per heavy atom. The molecule has 0 atom stereocenters. The Morgan fingerprint density at radius 3 is 1.91 bits per heavy atom. The number of fused-ring (bicyclic) bond motifs is 6. The predicted molar refractivity (Wildman–Crippen MR) is 189 cm³/mol. The first-order valence-corrected chi connectivity index (χ1v) is 16.7. The van der Waals surface area contributed by atoms with E-state index < -0.39 is 5.54 Å². The molecule has 0 radical (unpaired) electrons. The molecular formula is C39H43N5O3. The summed E-state index contributed by atoms with van der Waals surface area (Å²) in [5, 5.41) is 0. The van der Waals surface area contributed by atoms with Gasteiger partial charge in [0.05, 0.1) is 18.0 Å². The molecule has 47 heavy (non-hydrogen) atoms. The standard InChI is InChI=1S/C39H43N5O3/c1-7-42(8-2)28-18-20-32-36(24-28)47-37-25-29(43(9-3)10-4)19-21-33(37)39(32)31-15-12-11-14-30(31)38(46)44(39)23-22-40-26(5)34-16-13-17-35(41-34)27(6)45/h11-21,24-25H,7-10,22-23H2,1-6H3. The summed E-state index contributed by atoms with van der Waals surface area (Å²) < 4.78 is 6.80. The summed E-state index contributed by atoms with van der Waals surface area (Å²) in [5.74, 6) is 1.37. The van der Waals surface area contributed by atoms with Crippen molar-refractivity contribution in [3.63, 3.8) is 0 Å². The number of hydrogen-bond donors (Lipinski definition) is 0. The number of aromatic nitrogens is 1. The number of amides is 1. The summed E-state index contributed by atoms with van der Waals surface area (Å²) in [6.45, 7) is 16.2. The quantitative estimate of drug-likeness (QED) is 0.128. The number of Topliss-reactive ketones (excluding diaryl/α,β-unsaturated/α-hetero) is 1. The van der Waals surface area contributed by atoms with E-state index in [1.165, 1.54) is 6.92 Å². The molecule has 0 saturated heterocycles. The number of hydrogen-bond acceptors (Lipinski definition) is 7. The number of aliphatic imine (C=N–C) groups is 1. The van der Waals surface area contributed by atoms with Crippen LogP contribution in [0.25, 0.3) is 0 Å². The summed E-state index contributed by atoms with van der Waals surface area (Å²) in [6, 6.07) is 26.1. The van der Waals surface area contributed by atoms with Crippen LogP contribution in [0, 0.1) is 0 Å². The minimum atomic E-state index is -0.906. The summed E-state index contributed by atoms with van der Waals surface area (Å²) in [5.41, 5.74) is 6.53. The largest absolute Gasteiger partial charge is 0.456 e. The Bertz CT molecular complexity index is 1800. The summed E-state index contributed by atoms with van der Waals surface area (Å²) in [4.78, 5) is 42.4. The maximum absolute atomic E-state index is 14.5. The number of ketones is 1. The molecule has 3 heterocycles. The molecule has 2 aliphatic rings. The molecule has 0 N–H and O–H groups in total. The SMILES string of the molecule is CCN(CC)c1ccc2c(c1)Oc1cc(N(CC)CC)ccc1C21c2ccccc2C(=O)N1CCN=C(C)c1cccc(C(C)=O)n1. The van der Waals surface area contributed by atoms with Crippen molar-refractivity contribution < 1.29 is 14.3 Å². The number of anilines is 2. The first-order valence-electron chi connectivity index (χ1n) is 16.7. The van der Waals surface area contributed by atoms with E-state index >= 15 is 0 Å². The molecule has 242 valence electrons. The van der Waals surface area contributed by atoms with Crippen LogP contribution in [0.15, 0.2) is 83.9 Å². The molecule has 8 heteroatoms. The van der Waals surface area contributed by atoms with Gasteiger partial charge in [0.2, 0.25) is 0 Å². The van der Waals surface area contributed by atoms with Crippen LogP contribution in [0.1, 0.15) is 84.8 Å². The molecule has 0 aliphatic carbocycles. The molecule has 3 aromatic carbocycles. The van der Waals surface area contributed by atoms with Crippen LogP contribution in [0.4, 0.5) is 11.4 Å². The van der Waals surface area contributed by atoms with E-state index in [4.69, 9.17) is 9.73 Å². The van der Waals surface area contributed by atoms with Gasteiger partial charge < -0.3 is 19.4 Å². The zero-order chi connectivity index (χ0) is 33.3. The number of pyridine rings is 1. The normalized spacial score (nSPS) is 14.4. The van der Waals surface area contributed by atoms with Gasteiger partial charge in [-0.3, -0.25) is 14.6 Å². The van der Waals surface area contributed by atoms with E-state index in [0.717, 1.165) is 65.7 Å². The Balaban J connectivity index is 1.51. The average molecular weight is 630 g/mol. The number of benzene rings is 3. The maximum Gasteiger partial charge on any atom is 0.255 e. The molecule has 0 fully saturated rings. The van der Waals surface area contributed by atoms with Gasteiger partial charge >= 0.3 is 0 Å². The first kappa shape index (κ1) is 32.0. The Morgan fingerprint density at radius 1 is 0.766 bits per heavy atom. The van der Waals surface area contributed by atoms with E-state index in [9.17, 15) is 9.59 Å². The number of carbonyl (C=O) groups excluding carboxylic acids is 2. The van der Waals surface area contributed by atoms with Gasteiger partial charge in [-0.25, -0.2) is 4.98 Å². The summed E-state index contributed by atoms with van der Waals surface area (Å²) in [7, 11) is 0. The van der Waals surface area contributed by atoms with Gasteiger partial charge in [-0.2, -0.15) is 0 Å². The fourth-order valence-corrected chi connectivity index (χ4v) is 7.13. The van der Waals surface area contributed by atoms with Crippen molar-refractivity contribution in [3.05, 3.63) is 113 Å². The third kappa shape index (κ3) is 5.35. The van der Waals surface area contributed by atoms with Crippen molar-refractivity contribution in [3.8, 4) is 11.5 Å². The molecule has 6 rings (SSSR count).